The van der Waals surface area contributed by atoms with E-state index in [1.165, 1.54) is 6.42 Å². The zero-order chi connectivity index (χ0) is 18.5. The number of para-hydroxylation sites is 2. The van der Waals surface area contributed by atoms with Gasteiger partial charge < -0.3 is 19.9 Å². The topological polar surface area (TPSA) is 70.4 Å². The second-order valence-corrected chi connectivity index (χ2v) is 8.63. The van der Waals surface area contributed by atoms with E-state index in [-0.39, 0.29) is 12.1 Å². The van der Waals surface area contributed by atoms with Crippen molar-refractivity contribution in [1.82, 2.24) is 19.8 Å². The van der Waals surface area contributed by atoms with Crippen molar-refractivity contribution in [2.45, 2.75) is 57.2 Å². The molecule has 0 bridgehead atoms. The molecule has 1 aromatic heterocycles. The zero-order valence-electron chi connectivity index (χ0n) is 15.8. The predicted molar refractivity (Wildman–Crippen MR) is 103 cm³/mol. The van der Waals surface area contributed by atoms with Crippen LogP contribution in [-0.2, 0) is 0 Å². The van der Waals surface area contributed by atoms with Gasteiger partial charge in [0.25, 0.3) is 0 Å². The highest BCUT2D eigenvalue weighted by Gasteiger charge is 2.44. The van der Waals surface area contributed by atoms with Gasteiger partial charge in [-0.05, 0) is 63.0 Å². The Balaban J connectivity index is 1.34. The number of hydrogen-bond acceptors (Lipinski definition) is 3. The van der Waals surface area contributed by atoms with E-state index in [9.17, 15) is 9.90 Å². The average molecular weight is 368 g/mol. The van der Waals surface area contributed by atoms with E-state index >= 15 is 0 Å². The van der Waals surface area contributed by atoms with Crippen LogP contribution in [0, 0.1) is 18.8 Å². The molecule has 2 amide bonds. The molecule has 3 aliphatic rings. The number of hydrogen-bond donors (Lipinski definition) is 2. The molecule has 6 heteroatoms. The molecule has 144 valence electrons. The molecule has 2 aliphatic carbocycles. The van der Waals surface area contributed by atoms with Crippen LogP contribution in [-0.4, -0.2) is 50.8 Å². The molecule has 0 unspecified atom stereocenters. The first kappa shape index (κ1) is 17.0. The largest absolute Gasteiger partial charge is 0.391 e. The Morgan fingerprint density at radius 2 is 1.93 bits per heavy atom. The molecule has 6 nitrogen and oxygen atoms in total. The van der Waals surface area contributed by atoms with Gasteiger partial charge in [0.2, 0.25) is 0 Å². The average Bonchev–Trinajstić information content (AvgIpc) is 3.17. The highest BCUT2D eigenvalue weighted by atomic mass is 16.3. The number of aliphatic hydroxyl groups excluding tert-OH is 1. The van der Waals surface area contributed by atoms with Crippen LogP contribution in [0.15, 0.2) is 24.3 Å². The summed E-state index contributed by atoms with van der Waals surface area (Å²) in [5.41, 5.74) is 2.08. The maximum Gasteiger partial charge on any atom is 0.317 e. The van der Waals surface area contributed by atoms with Crippen LogP contribution in [0.25, 0.3) is 11.0 Å². The quantitative estimate of drug-likeness (QED) is 0.856. The van der Waals surface area contributed by atoms with Crippen molar-refractivity contribution in [3.05, 3.63) is 30.1 Å². The second-order valence-electron chi connectivity index (χ2n) is 8.63. The number of urea groups is 1. The summed E-state index contributed by atoms with van der Waals surface area (Å²) in [6.07, 6.45) is 4.72. The Kier molecular flexibility index (Phi) is 4.11. The minimum absolute atomic E-state index is 0.0355. The van der Waals surface area contributed by atoms with Gasteiger partial charge in [-0.3, -0.25) is 0 Å². The summed E-state index contributed by atoms with van der Waals surface area (Å²) >= 11 is 0. The first-order chi connectivity index (χ1) is 13.1. The highest BCUT2D eigenvalue weighted by molar-refractivity contribution is 5.76. The van der Waals surface area contributed by atoms with Crippen LogP contribution >= 0.6 is 0 Å². The third-order valence-corrected chi connectivity index (χ3v) is 6.93. The van der Waals surface area contributed by atoms with Gasteiger partial charge >= 0.3 is 6.03 Å². The molecule has 27 heavy (non-hydrogen) atoms. The maximum absolute atomic E-state index is 12.5. The van der Waals surface area contributed by atoms with Crippen LogP contribution in [0.4, 0.5) is 4.79 Å². The lowest BCUT2D eigenvalue weighted by Crippen LogP contribution is -2.46. The number of benzene rings is 1. The summed E-state index contributed by atoms with van der Waals surface area (Å²) in [6, 6.07) is 8.64. The molecule has 2 heterocycles. The Morgan fingerprint density at radius 1 is 1.19 bits per heavy atom. The summed E-state index contributed by atoms with van der Waals surface area (Å²) in [5, 5.41) is 14.1. The van der Waals surface area contributed by atoms with Crippen molar-refractivity contribution >= 4 is 17.1 Å². The number of aliphatic hydroxyl groups is 1. The molecule has 4 atom stereocenters. The van der Waals surface area contributed by atoms with Gasteiger partial charge in [-0.2, -0.15) is 0 Å². The highest BCUT2D eigenvalue weighted by Crippen LogP contribution is 2.42. The van der Waals surface area contributed by atoms with E-state index in [1.807, 2.05) is 30.0 Å². The summed E-state index contributed by atoms with van der Waals surface area (Å²) in [5.74, 6) is 1.81. The van der Waals surface area contributed by atoms with Gasteiger partial charge in [0.05, 0.1) is 23.2 Å². The lowest BCUT2D eigenvalue weighted by molar-refractivity contribution is 0.0366. The fourth-order valence-electron chi connectivity index (χ4n) is 5.25. The molecule has 2 aromatic rings. The van der Waals surface area contributed by atoms with Gasteiger partial charge in [0.15, 0.2) is 0 Å². The molecular weight excluding hydrogens is 340 g/mol. The Morgan fingerprint density at radius 3 is 2.67 bits per heavy atom. The lowest BCUT2D eigenvalue weighted by atomic mass is 9.77. The van der Waals surface area contributed by atoms with Crippen LogP contribution in [0.3, 0.4) is 0 Å². The van der Waals surface area contributed by atoms with Crippen molar-refractivity contribution in [3.63, 3.8) is 0 Å². The Bertz CT molecular complexity index is 859. The first-order valence-corrected chi connectivity index (χ1v) is 10.3. The SMILES string of the molecule is Cc1nc2ccccc2n1[C@H]1C[C@H]2CN(C(=O)NC3CCC3)C[C@H]2C[C@@H]1O. The normalized spacial score (nSPS) is 31.0. The van der Waals surface area contributed by atoms with Gasteiger partial charge in [-0.1, -0.05) is 12.1 Å². The number of rotatable bonds is 2. The molecule has 1 aliphatic heterocycles. The molecular formula is C21H28N4O2. The van der Waals surface area contributed by atoms with Gasteiger partial charge in [-0.25, -0.2) is 9.78 Å². The number of fused-ring (bicyclic) bond motifs is 2. The summed E-state index contributed by atoms with van der Waals surface area (Å²) in [6.45, 7) is 3.60. The first-order valence-electron chi connectivity index (χ1n) is 10.3. The molecule has 5 rings (SSSR count). The fraction of sp³-hybridized carbons (Fsp3) is 0.619. The standard InChI is InChI=1S/C21H28N4O2/c1-13-22-17-7-2-3-8-18(17)25(13)19-9-14-11-24(12-15(14)10-20(19)26)21(27)23-16-5-4-6-16/h2-3,7-8,14-16,19-20,26H,4-6,9-12H2,1H3,(H,23,27)/t14-,15+,19-,20-/m0/s1. The van der Waals surface area contributed by atoms with E-state index in [0.29, 0.717) is 17.9 Å². The van der Waals surface area contributed by atoms with Crippen molar-refractivity contribution in [1.29, 1.82) is 0 Å². The number of aryl methyl sites for hydroxylation is 1. The number of aromatic nitrogens is 2. The van der Waals surface area contributed by atoms with Gasteiger partial charge in [0.1, 0.15) is 5.82 Å². The smallest absolute Gasteiger partial charge is 0.317 e. The summed E-state index contributed by atoms with van der Waals surface area (Å²) < 4.78 is 2.22. The van der Waals surface area contributed by atoms with E-state index < -0.39 is 6.10 Å². The Labute approximate surface area is 159 Å². The molecule has 2 saturated carbocycles. The lowest BCUT2D eigenvalue weighted by Gasteiger charge is -2.36. The summed E-state index contributed by atoms with van der Waals surface area (Å²) in [7, 11) is 0. The Hall–Kier alpha value is -2.08. The number of likely N-dealkylation sites (tertiary alicyclic amines) is 1. The van der Waals surface area contributed by atoms with Crippen molar-refractivity contribution in [2.75, 3.05) is 13.1 Å². The number of carbonyl (C=O) groups is 1. The number of nitrogens with one attached hydrogen (secondary N) is 1. The van der Waals surface area contributed by atoms with E-state index in [0.717, 1.165) is 55.6 Å². The molecule has 2 N–H and O–H groups in total. The summed E-state index contributed by atoms with van der Waals surface area (Å²) in [4.78, 5) is 19.2. The fourth-order valence-corrected chi connectivity index (χ4v) is 5.25. The van der Waals surface area contributed by atoms with Crippen LogP contribution in [0.5, 0.6) is 0 Å². The number of carbonyl (C=O) groups excluding carboxylic acids is 1. The second kappa shape index (κ2) is 6.51. The number of amides is 2. The minimum Gasteiger partial charge on any atom is -0.391 e. The third-order valence-electron chi connectivity index (χ3n) is 6.93. The van der Waals surface area contributed by atoms with Crippen molar-refractivity contribution < 1.29 is 9.90 Å². The molecule has 0 radical (unpaired) electrons. The zero-order valence-corrected chi connectivity index (χ0v) is 15.8. The maximum atomic E-state index is 12.5. The molecule has 3 fully saturated rings. The monoisotopic (exact) mass is 368 g/mol. The number of imidazole rings is 1. The predicted octanol–water partition coefficient (Wildman–Crippen LogP) is 2.85. The van der Waals surface area contributed by atoms with Crippen molar-refractivity contribution in [2.24, 2.45) is 11.8 Å². The van der Waals surface area contributed by atoms with E-state index in [4.69, 9.17) is 0 Å². The van der Waals surface area contributed by atoms with Crippen molar-refractivity contribution in [3.8, 4) is 0 Å². The minimum atomic E-state index is -0.391. The molecule has 1 aromatic carbocycles. The number of nitrogens with zero attached hydrogens (tertiary/aromatic N) is 3. The molecule has 1 saturated heterocycles. The van der Waals surface area contributed by atoms with Crippen LogP contribution < -0.4 is 5.32 Å². The van der Waals surface area contributed by atoms with Crippen LogP contribution in [0.1, 0.15) is 44.0 Å². The van der Waals surface area contributed by atoms with Gasteiger partial charge in [-0.15, -0.1) is 0 Å². The van der Waals surface area contributed by atoms with Crippen LogP contribution in [0.2, 0.25) is 0 Å². The van der Waals surface area contributed by atoms with E-state index in [1.54, 1.807) is 0 Å². The molecule has 0 spiro atoms. The van der Waals surface area contributed by atoms with E-state index in [2.05, 4.69) is 20.9 Å². The third kappa shape index (κ3) is 2.90. The van der Waals surface area contributed by atoms with Gasteiger partial charge in [0, 0.05) is 19.1 Å².